The number of nitrogens with zero attached hydrogens (tertiary/aromatic N) is 2. The van der Waals surface area contributed by atoms with E-state index in [0.717, 1.165) is 43.1 Å². The number of methoxy groups -OCH3 is 1. The topological polar surface area (TPSA) is 171 Å². The Hall–Kier alpha value is -3.96. The fourth-order valence-corrected chi connectivity index (χ4v) is 7.33. The summed E-state index contributed by atoms with van der Waals surface area (Å²) in [6.45, 7) is 5.23. The summed E-state index contributed by atoms with van der Waals surface area (Å²) in [5, 5.41) is 10.1. The standard InChI is InChI=1S/C32H43N5O7/c1-32(2,3)43-31(41)36-29(33)20-7-5-19(6-8-20)24-14-23(44-37-24)15-26(38)34-25(16-27(39)42-4)30(40)35-28-21-10-17-9-18(12-21)13-22(28)11-17/h5-8,17-18,21-23,25,28H,9-16H2,1-4H3,(H,34,38)(H,35,40)(H2,33,36,41)/t17?,18?,21?,22?,23?,25-,28?/m0/s1. The Bertz CT molecular complexity index is 1310. The van der Waals surface area contributed by atoms with Crippen LogP contribution in [0.3, 0.4) is 0 Å². The first-order chi connectivity index (χ1) is 20.9. The summed E-state index contributed by atoms with van der Waals surface area (Å²) < 4.78 is 9.98. The number of ether oxygens (including phenoxy) is 2. The van der Waals surface area contributed by atoms with E-state index < -0.39 is 35.7 Å². The van der Waals surface area contributed by atoms with Crippen molar-refractivity contribution in [1.82, 2.24) is 10.6 Å². The summed E-state index contributed by atoms with van der Waals surface area (Å²) >= 11 is 0. The molecule has 3 amide bonds. The second-order valence-electron chi connectivity index (χ2n) is 13.6. The van der Waals surface area contributed by atoms with Crippen LogP contribution in [-0.4, -0.2) is 66.3 Å². The molecule has 4 saturated carbocycles. The first-order valence-electron chi connectivity index (χ1n) is 15.4. The van der Waals surface area contributed by atoms with E-state index in [2.05, 4.69) is 20.8 Å². The van der Waals surface area contributed by atoms with E-state index in [1.165, 1.54) is 13.5 Å². The second kappa shape index (κ2) is 13.0. The van der Waals surface area contributed by atoms with Gasteiger partial charge in [0.2, 0.25) is 11.8 Å². The number of hydrogen-bond acceptors (Lipinski definition) is 8. The first-order valence-corrected chi connectivity index (χ1v) is 15.4. The van der Waals surface area contributed by atoms with Crippen molar-refractivity contribution in [2.24, 2.45) is 39.6 Å². The van der Waals surface area contributed by atoms with Crippen molar-refractivity contribution in [3.05, 3.63) is 35.4 Å². The molecular weight excluding hydrogens is 566 g/mol. The van der Waals surface area contributed by atoms with Gasteiger partial charge in [-0.2, -0.15) is 4.99 Å². The number of amides is 3. The third kappa shape index (κ3) is 7.75. The SMILES string of the molecule is COC(=O)C[C@H](NC(=O)CC1CC(c2ccc(/C(N)=N/C(=O)OC(C)(C)C)cc2)=NO1)C(=O)NC1C2CC3CC(C2)CC1C3. The molecule has 0 aromatic heterocycles. The fraction of sp³-hybridized carbons (Fsp3) is 0.625. The maximum Gasteiger partial charge on any atom is 0.436 e. The molecule has 5 aliphatic rings. The van der Waals surface area contributed by atoms with Gasteiger partial charge in [-0.1, -0.05) is 29.4 Å². The van der Waals surface area contributed by atoms with Crippen molar-refractivity contribution in [1.29, 1.82) is 0 Å². The van der Waals surface area contributed by atoms with Crippen molar-refractivity contribution in [2.45, 2.75) is 95.9 Å². The molecule has 238 valence electrons. The maximum atomic E-state index is 13.4. The molecule has 4 fully saturated rings. The van der Waals surface area contributed by atoms with Crippen LogP contribution in [0.25, 0.3) is 0 Å². The highest BCUT2D eigenvalue weighted by Gasteiger charge is 2.49. The highest BCUT2D eigenvalue weighted by atomic mass is 16.6. The molecule has 0 spiro atoms. The lowest BCUT2D eigenvalue weighted by Crippen LogP contribution is -2.59. The van der Waals surface area contributed by atoms with E-state index in [0.29, 0.717) is 29.5 Å². The van der Waals surface area contributed by atoms with Gasteiger partial charge in [0.05, 0.1) is 25.7 Å². The summed E-state index contributed by atoms with van der Waals surface area (Å²) in [4.78, 5) is 59.8. The minimum absolute atomic E-state index is 0.0267. The van der Waals surface area contributed by atoms with Crippen LogP contribution in [0.4, 0.5) is 4.79 Å². The average Bonchev–Trinajstić information content (AvgIpc) is 3.41. The molecule has 4 bridgehead atoms. The minimum atomic E-state index is -1.03. The molecule has 1 heterocycles. The molecule has 1 unspecified atom stereocenters. The maximum absolute atomic E-state index is 13.4. The number of rotatable bonds is 9. The van der Waals surface area contributed by atoms with Gasteiger partial charge >= 0.3 is 12.1 Å². The number of carbonyl (C=O) groups is 4. The predicted octanol–water partition coefficient (Wildman–Crippen LogP) is 3.20. The first kappa shape index (κ1) is 31.5. The highest BCUT2D eigenvalue weighted by molar-refractivity contribution is 6.05. The average molecular weight is 610 g/mol. The number of oxime groups is 1. The quantitative estimate of drug-likeness (QED) is 0.218. The smallest absolute Gasteiger partial charge is 0.436 e. The molecule has 2 atom stereocenters. The lowest BCUT2D eigenvalue weighted by molar-refractivity contribution is -0.144. The summed E-state index contributed by atoms with van der Waals surface area (Å²) in [6.07, 6.45) is 4.66. The van der Waals surface area contributed by atoms with Gasteiger partial charge in [-0.05, 0) is 82.1 Å². The Morgan fingerprint density at radius 2 is 1.68 bits per heavy atom. The van der Waals surface area contributed by atoms with Crippen molar-refractivity contribution in [3.8, 4) is 0 Å². The third-order valence-electron chi connectivity index (χ3n) is 9.05. The number of benzene rings is 1. The van der Waals surface area contributed by atoms with Crippen LogP contribution in [0.2, 0.25) is 0 Å². The number of nitrogens with one attached hydrogen (secondary N) is 2. The van der Waals surface area contributed by atoms with Crippen LogP contribution >= 0.6 is 0 Å². The van der Waals surface area contributed by atoms with Crippen molar-refractivity contribution >= 4 is 35.4 Å². The van der Waals surface area contributed by atoms with Crippen molar-refractivity contribution < 1.29 is 33.5 Å². The van der Waals surface area contributed by atoms with E-state index in [1.807, 2.05) is 0 Å². The van der Waals surface area contributed by atoms with Crippen LogP contribution in [0.1, 0.15) is 83.3 Å². The number of hydrogen-bond donors (Lipinski definition) is 3. The summed E-state index contributed by atoms with van der Waals surface area (Å²) in [5.74, 6) is 1.16. The number of aliphatic imine (C=N–C) groups is 1. The Morgan fingerprint density at radius 1 is 1.05 bits per heavy atom. The van der Waals surface area contributed by atoms with E-state index in [-0.39, 0.29) is 30.6 Å². The number of esters is 1. The predicted molar refractivity (Wildman–Crippen MR) is 162 cm³/mol. The fourth-order valence-electron chi connectivity index (χ4n) is 7.33. The number of carbonyl (C=O) groups excluding carboxylic acids is 4. The zero-order chi connectivity index (χ0) is 31.6. The molecule has 12 heteroatoms. The highest BCUT2D eigenvalue weighted by Crippen LogP contribution is 2.53. The summed E-state index contributed by atoms with van der Waals surface area (Å²) in [5.41, 5.74) is 7.24. The number of nitrogens with two attached hydrogens (primary N) is 1. The van der Waals surface area contributed by atoms with Crippen molar-refractivity contribution in [3.63, 3.8) is 0 Å². The lowest BCUT2D eigenvalue weighted by atomic mass is 9.54. The molecule has 1 aromatic rings. The van der Waals surface area contributed by atoms with Gasteiger partial charge in [0.1, 0.15) is 23.6 Å². The van der Waals surface area contributed by atoms with Crippen molar-refractivity contribution in [2.75, 3.05) is 7.11 Å². The zero-order valence-corrected chi connectivity index (χ0v) is 25.8. The molecule has 0 radical (unpaired) electrons. The van der Waals surface area contributed by atoms with E-state index >= 15 is 0 Å². The second-order valence-corrected chi connectivity index (χ2v) is 13.6. The molecule has 0 saturated heterocycles. The Kier molecular flexibility index (Phi) is 9.26. The van der Waals surface area contributed by atoms with E-state index in [9.17, 15) is 19.2 Å². The molecule has 6 rings (SSSR count). The molecule has 12 nitrogen and oxygen atoms in total. The van der Waals surface area contributed by atoms with Crippen LogP contribution in [0.15, 0.2) is 34.4 Å². The molecule has 1 aliphatic heterocycles. The Morgan fingerprint density at radius 3 is 2.27 bits per heavy atom. The molecule has 44 heavy (non-hydrogen) atoms. The molecule has 4 aliphatic carbocycles. The minimum Gasteiger partial charge on any atom is -0.469 e. The molecule has 1 aromatic carbocycles. The van der Waals surface area contributed by atoms with Gasteiger partial charge in [0.15, 0.2) is 0 Å². The van der Waals surface area contributed by atoms with Crippen LogP contribution in [0, 0.1) is 23.7 Å². The van der Waals surface area contributed by atoms with Gasteiger partial charge in [0, 0.05) is 18.0 Å². The van der Waals surface area contributed by atoms with Gasteiger partial charge in [0.25, 0.3) is 0 Å². The zero-order valence-electron chi connectivity index (χ0n) is 25.8. The van der Waals surface area contributed by atoms with Crippen LogP contribution in [-0.2, 0) is 28.7 Å². The third-order valence-corrected chi connectivity index (χ3v) is 9.05. The van der Waals surface area contributed by atoms with Gasteiger partial charge < -0.3 is 30.7 Å². The van der Waals surface area contributed by atoms with Gasteiger partial charge in [-0.15, -0.1) is 0 Å². The summed E-state index contributed by atoms with van der Waals surface area (Å²) in [6, 6.07) is 6.03. The Balaban J connectivity index is 1.13. The molecular formula is C32H43N5O7. The monoisotopic (exact) mass is 609 g/mol. The van der Waals surface area contributed by atoms with E-state index in [1.54, 1.807) is 45.0 Å². The largest absolute Gasteiger partial charge is 0.469 e. The molecule has 4 N–H and O–H groups in total. The normalized spacial score (nSPS) is 28.0. The van der Waals surface area contributed by atoms with Gasteiger partial charge in [-0.25, -0.2) is 4.79 Å². The lowest BCUT2D eigenvalue weighted by Gasteiger charge is -2.54. The Labute approximate surface area is 257 Å². The van der Waals surface area contributed by atoms with Gasteiger partial charge in [-0.3, -0.25) is 14.4 Å². The van der Waals surface area contributed by atoms with Crippen LogP contribution < -0.4 is 16.4 Å². The summed E-state index contributed by atoms with van der Waals surface area (Å²) in [7, 11) is 1.26. The van der Waals surface area contributed by atoms with Crippen LogP contribution in [0.5, 0.6) is 0 Å². The van der Waals surface area contributed by atoms with E-state index in [4.69, 9.17) is 20.0 Å². The number of amidine groups is 1.